The van der Waals surface area contributed by atoms with E-state index in [0.29, 0.717) is 34.7 Å². The van der Waals surface area contributed by atoms with E-state index in [-0.39, 0.29) is 62.7 Å². The number of hydrogen-bond donors (Lipinski definition) is 4. The maximum atomic E-state index is 13.1. The Kier molecular flexibility index (Phi) is 6.06. The summed E-state index contributed by atoms with van der Waals surface area (Å²) in [7, 11) is 2.74. The number of benzene rings is 4. The third-order valence-electron chi connectivity index (χ3n) is 9.58. The van der Waals surface area contributed by atoms with Crippen LogP contribution in [0.2, 0.25) is 0 Å². The van der Waals surface area contributed by atoms with Crippen molar-refractivity contribution in [1.29, 1.82) is 0 Å². The fraction of sp³-hybridized carbons (Fsp3) is 0.353. The minimum absolute atomic E-state index is 0.0860. The molecule has 238 valence electrons. The van der Waals surface area contributed by atoms with Crippen LogP contribution in [0.3, 0.4) is 0 Å². The predicted octanol–water partition coefficient (Wildman–Crippen LogP) is 5.28. The quantitative estimate of drug-likeness (QED) is 0.216. The van der Waals surface area contributed by atoms with Crippen LogP contribution in [-0.4, -0.2) is 71.2 Å². The zero-order valence-corrected chi connectivity index (χ0v) is 25.2. The van der Waals surface area contributed by atoms with Gasteiger partial charge in [-0.3, -0.25) is 0 Å². The zero-order valence-electron chi connectivity index (χ0n) is 25.2. The molecule has 4 N–H and O–H groups in total. The fourth-order valence-corrected chi connectivity index (χ4v) is 7.63. The average molecular weight is 631 g/mol. The Bertz CT molecular complexity index is 1890. The van der Waals surface area contributed by atoms with Gasteiger partial charge in [-0.15, -0.1) is 0 Å². The third-order valence-corrected chi connectivity index (χ3v) is 9.58. The van der Waals surface area contributed by atoms with E-state index >= 15 is 0 Å². The van der Waals surface area contributed by atoms with Crippen molar-refractivity contribution < 1.29 is 58.4 Å². The fourth-order valence-electron chi connectivity index (χ4n) is 7.63. The summed E-state index contributed by atoms with van der Waals surface area (Å²) < 4.78 is 34.2. The second-order valence-corrected chi connectivity index (χ2v) is 12.3. The number of aromatic hydroxyl groups is 4. The summed E-state index contributed by atoms with van der Waals surface area (Å²) in [6, 6.07) is 6.45. The summed E-state index contributed by atoms with van der Waals surface area (Å²) >= 11 is 0. The highest BCUT2D eigenvalue weighted by atomic mass is 16.7. The molecule has 12 nitrogen and oxygen atoms in total. The monoisotopic (exact) mass is 630 g/mol. The number of phenolic OH excluding ortho intramolecular Hbond substituents is 4. The summed E-state index contributed by atoms with van der Waals surface area (Å²) in [6.07, 6.45) is -1.15. The lowest BCUT2D eigenvalue weighted by Crippen LogP contribution is -2.29. The Morgan fingerprint density at radius 1 is 0.652 bits per heavy atom. The third kappa shape index (κ3) is 3.74. The molecule has 4 aromatic rings. The normalized spacial score (nSPS) is 26.3. The van der Waals surface area contributed by atoms with Gasteiger partial charge in [0, 0.05) is 12.0 Å². The van der Waals surface area contributed by atoms with Gasteiger partial charge >= 0.3 is 11.9 Å². The van der Waals surface area contributed by atoms with Gasteiger partial charge in [-0.05, 0) is 60.9 Å². The molecule has 0 aliphatic carbocycles. The minimum Gasteiger partial charge on any atom is -0.506 e. The van der Waals surface area contributed by atoms with E-state index in [0.717, 1.165) is 0 Å². The molecule has 12 heteroatoms. The number of esters is 2. The topological polar surface area (TPSA) is 170 Å². The van der Waals surface area contributed by atoms with E-state index in [1.54, 1.807) is 24.3 Å². The molecule has 0 radical (unpaired) electrons. The van der Waals surface area contributed by atoms with Crippen LogP contribution in [0.1, 0.15) is 70.6 Å². The molecule has 0 bridgehead atoms. The summed E-state index contributed by atoms with van der Waals surface area (Å²) in [5.41, 5.74) is 0.565. The highest BCUT2D eigenvalue weighted by Crippen LogP contribution is 2.57. The number of carbonyl (C=O) groups is 2. The van der Waals surface area contributed by atoms with Crippen LogP contribution in [0.4, 0.5) is 0 Å². The van der Waals surface area contributed by atoms with Gasteiger partial charge in [0.15, 0.2) is 0 Å². The van der Waals surface area contributed by atoms with Crippen molar-refractivity contribution >= 4 is 33.5 Å². The van der Waals surface area contributed by atoms with Crippen LogP contribution in [-0.2, 0) is 18.9 Å². The van der Waals surface area contributed by atoms with Crippen molar-refractivity contribution in [3.63, 3.8) is 0 Å². The van der Waals surface area contributed by atoms with Crippen molar-refractivity contribution in [2.75, 3.05) is 14.2 Å². The maximum absolute atomic E-state index is 13.1. The Labute approximate surface area is 261 Å². The van der Waals surface area contributed by atoms with Crippen LogP contribution >= 0.6 is 0 Å². The molecule has 4 aliphatic heterocycles. The number of carbonyl (C=O) groups excluding carboxylic acids is 2. The molecule has 0 saturated carbocycles. The largest absolute Gasteiger partial charge is 0.506 e. The van der Waals surface area contributed by atoms with Crippen LogP contribution in [0.5, 0.6) is 34.5 Å². The van der Waals surface area contributed by atoms with Gasteiger partial charge in [-0.25, -0.2) is 9.59 Å². The van der Waals surface area contributed by atoms with Gasteiger partial charge in [0.25, 0.3) is 0 Å². The van der Waals surface area contributed by atoms with E-state index in [1.807, 2.05) is 13.8 Å². The molecule has 4 aromatic carbocycles. The number of ether oxygens (including phenoxy) is 6. The van der Waals surface area contributed by atoms with Gasteiger partial charge in [0.05, 0.1) is 54.2 Å². The van der Waals surface area contributed by atoms with E-state index in [4.69, 9.17) is 28.4 Å². The number of methoxy groups -OCH3 is 2. The van der Waals surface area contributed by atoms with Gasteiger partial charge < -0.3 is 48.8 Å². The zero-order chi connectivity index (χ0) is 32.3. The lowest BCUT2D eigenvalue weighted by molar-refractivity contribution is -0.108. The molecule has 6 atom stereocenters. The average Bonchev–Trinajstić information content (AvgIpc) is 3.57. The molecule has 0 spiro atoms. The molecule has 0 aromatic heterocycles. The van der Waals surface area contributed by atoms with Gasteiger partial charge in [-0.2, -0.15) is 0 Å². The molecule has 2 fully saturated rings. The molecule has 2 saturated heterocycles. The molecule has 0 unspecified atom stereocenters. The molecule has 0 amide bonds. The Balaban J connectivity index is 1.39. The molecule has 8 rings (SSSR count). The first kappa shape index (κ1) is 28.5. The van der Waals surface area contributed by atoms with Gasteiger partial charge in [0.2, 0.25) is 6.29 Å². The molecular formula is C34H30O12. The molecular weight excluding hydrogens is 600 g/mol. The van der Waals surface area contributed by atoms with Crippen LogP contribution in [0.15, 0.2) is 24.3 Å². The number of rotatable bonds is 3. The lowest BCUT2D eigenvalue weighted by atomic mass is 9.85. The first-order chi connectivity index (χ1) is 22.0. The summed E-state index contributed by atoms with van der Waals surface area (Å²) in [5, 5.41) is 47.1. The van der Waals surface area contributed by atoms with Crippen LogP contribution in [0, 0.1) is 0 Å². The number of phenols is 4. The molecule has 4 heterocycles. The lowest BCUT2D eigenvalue weighted by Gasteiger charge is -2.29. The number of fused-ring (bicyclic) bond motifs is 8. The van der Waals surface area contributed by atoms with Gasteiger partial charge in [-0.1, -0.05) is 0 Å². The smallest absolute Gasteiger partial charge is 0.344 e. The van der Waals surface area contributed by atoms with Gasteiger partial charge in [0.1, 0.15) is 57.8 Å². The summed E-state index contributed by atoms with van der Waals surface area (Å²) in [6.45, 7) is 3.74. The van der Waals surface area contributed by atoms with Crippen molar-refractivity contribution in [3.8, 4) is 45.6 Å². The minimum atomic E-state index is -0.794. The second-order valence-electron chi connectivity index (χ2n) is 12.3. The van der Waals surface area contributed by atoms with Crippen molar-refractivity contribution in [2.45, 2.75) is 63.3 Å². The standard InChI is InChI=1S/C34H30O12/c1-11-5-16-15-7-13-9-18(41-3)25(29(37)21(13)27(35)23(15)33(40)46-34(16)44-11)26-19(42-4)10-14-8-17-24(28(36)22(14)30(26)38)32(39)45-20-6-12(2)43-31(17)20/h7-12,16,20,31,34-38H,5-6H2,1-4H3/t11-,12+,16+,20+,31+,34-/m0/s1. The van der Waals surface area contributed by atoms with Crippen LogP contribution in [0.25, 0.3) is 32.7 Å². The van der Waals surface area contributed by atoms with E-state index in [2.05, 4.69) is 0 Å². The SMILES string of the molecule is COc1cc2cc3c(c(O)c2c(O)c1-c1c(OC)cc2cc4c(c(O)c2c1O)C(=O)O[C@@H]1C[C@@H](C)O[C@H]41)C(=O)O[C@@H]1O[C@@H](C)C[C@H]31. The second kappa shape index (κ2) is 9.78. The van der Waals surface area contributed by atoms with Crippen LogP contribution < -0.4 is 9.47 Å². The Morgan fingerprint density at radius 3 is 1.74 bits per heavy atom. The maximum Gasteiger partial charge on any atom is 0.344 e. The van der Waals surface area contributed by atoms with Crippen molar-refractivity contribution in [2.24, 2.45) is 0 Å². The van der Waals surface area contributed by atoms with Crippen molar-refractivity contribution in [1.82, 2.24) is 0 Å². The predicted molar refractivity (Wildman–Crippen MR) is 161 cm³/mol. The van der Waals surface area contributed by atoms with E-state index in [9.17, 15) is 30.0 Å². The first-order valence-electron chi connectivity index (χ1n) is 14.9. The number of hydrogen-bond acceptors (Lipinski definition) is 12. The van der Waals surface area contributed by atoms with E-state index < -0.39 is 53.4 Å². The Hall–Kier alpha value is -4.94. The summed E-state index contributed by atoms with van der Waals surface area (Å²) in [5.74, 6) is -3.76. The molecule has 46 heavy (non-hydrogen) atoms. The highest BCUT2D eigenvalue weighted by molar-refractivity contribution is 6.13. The Morgan fingerprint density at radius 2 is 1.15 bits per heavy atom. The summed E-state index contributed by atoms with van der Waals surface area (Å²) in [4.78, 5) is 26.1. The molecule has 4 aliphatic rings. The van der Waals surface area contributed by atoms with Crippen molar-refractivity contribution in [3.05, 3.63) is 46.5 Å². The first-order valence-corrected chi connectivity index (χ1v) is 14.9. The highest BCUT2D eigenvalue weighted by Gasteiger charge is 2.46. The van der Waals surface area contributed by atoms with E-state index in [1.165, 1.54) is 14.2 Å².